The number of thioether (sulfide) groups is 1. The standard InChI is InChI=1S/C11H19N3O2S2/c1-11(2,3)16-9(15)13-6-8-7-14-10(18-8)17-5-4-12/h7H,4-6,12H2,1-3H3,(H,13,15). The van der Waals surface area contributed by atoms with Crippen molar-refractivity contribution in [3.63, 3.8) is 0 Å². The molecule has 5 nitrogen and oxygen atoms in total. The Morgan fingerprint density at radius 3 is 2.94 bits per heavy atom. The number of aromatic nitrogens is 1. The largest absolute Gasteiger partial charge is 0.444 e. The molecule has 0 spiro atoms. The van der Waals surface area contributed by atoms with Gasteiger partial charge in [-0.05, 0) is 20.8 Å². The second-order valence-corrected chi connectivity index (χ2v) is 7.04. The molecule has 0 aliphatic rings. The number of alkyl carbamates (subject to hydrolysis) is 1. The quantitative estimate of drug-likeness (QED) is 0.813. The molecule has 7 heteroatoms. The number of hydrogen-bond donors (Lipinski definition) is 2. The Bertz CT molecular complexity index is 388. The summed E-state index contributed by atoms with van der Waals surface area (Å²) in [5, 5.41) is 2.70. The van der Waals surface area contributed by atoms with Crippen LogP contribution in [0.25, 0.3) is 0 Å². The Morgan fingerprint density at radius 2 is 2.33 bits per heavy atom. The van der Waals surface area contributed by atoms with Crippen molar-refractivity contribution >= 4 is 29.2 Å². The van der Waals surface area contributed by atoms with Crippen molar-refractivity contribution in [3.8, 4) is 0 Å². The number of carbonyl (C=O) groups excluding carboxylic acids is 1. The third kappa shape index (κ3) is 6.23. The smallest absolute Gasteiger partial charge is 0.407 e. The molecule has 0 aromatic carbocycles. The van der Waals surface area contributed by atoms with Gasteiger partial charge < -0.3 is 15.8 Å². The molecule has 0 unspecified atom stereocenters. The van der Waals surface area contributed by atoms with Gasteiger partial charge in [0.1, 0.15) is 9.94 Å². The van der Waals surface area contributed by atoms with Crippen molar-refractivity contribution in [1.29, 1.82) is 0 Å². The molecule has 1 heterocycles. The van der Waals surface area contributed by atoms with Crippen molar-refractivity contribution in [2.24, 2.45) is 5.73 Å². The van der Waals surface area contributed by atoms with Crippen LogP contribution >= 0.6 is 23.1 Å². The molecule has 0 radical (unpaired) electrons. The van der Waals surface area contributed by atoms with Gasteiger partial charge in [-0.2, -0.15) is 0 Å². The van der Waals surface area contributed by atoms with Crippen molar-refractivity contribution < 1.29 is 9.53 Å². The van der Waals surface area contributed by atoms with E-state index in [9.17, 15) is 4.79 Å². The van der Waals surface area contributed by atoms with E-state index in [2.05, 4.69) is 10.3 Å². The van der Waals surface area contributed by atoms with Crippen molar-refractivity contribution in [2.75, 3.05) is 12.3 Å². The monoisotopic (exact) mass is 289 g/mol. The van der Waals surface area contributed by atoms with Crippen molar-refractivity contribution in [3.05, 3.63) is 11.1 Å². The molecular weight excluding hydrogens is 270 g/mol. The fourth-order valence-corrected chi connectivity index (χ4v) is 2.86. The number of nitrogens with one attached hydrogen (secondary N) is 1. The summed E-state index contributed by atoms with van der Waals surface area (Å²) in [6, 6.07) is 0. The van der Waals surface area contributed by atoms with E-state index in [1.165, 1.54) is 0 Å². The van der Waals surface area contributed by atoms with Crippen molar-refractivity contribution in [1.82, 2.24) is 10.3 Å². The molecule has 0 aliphatic heterocycles. The molecule has 1 aromatic rings. The first-order valence-corrected chi connectivity index (χ1v) is 7.45. The van der Waals surface area contributed by atoms with Gasteiger partial charge in [0.2, 0.25) is 0 Å². The maximum absolute atomic E-state index is 11.4. The second-order valence-electron chi connectivity index (χ2n) is 4.59. The number of thiazole rings is 1. The van der Waals surface area contributed by atoms with Gasteiger partial charge in [-0.25, -0.2) is 9.78 Å². The van der Waals surface area contributed by atoms with Crippen LogP contribution in [0.2, 0.25) is 0 Å². The maximum Gasteiger partial charge on any atom is 0.407 e. The van der Waals surface area contributed by atoms with E-state index < -0.39 is 11.7 Å². The van der Waals surface area contributed by atoms with Crippen molar-refractivity contribution in [2.45, 2.75) is 37.3 Å². The normalized spacial score (nSPS) is 11.3. The molecule has 0 saturated carbocycles. The van der Waals surface area contributed by atoms with Crippen LogP contribution in [0.15, 0.2) is 10.5 Å². The highest BCUT2D eigenvalue weighted by molar-refractivity contribution is 8.01. The Morgan fingerprint density at radius 1 is 1.61 bits per heavy atom. The summed E-state index contributed by atoms with van der Waals surface area (Å²) in [5.41, 5.74) is 4.95. The number of nitrogens with two attached hydrogens (primary N) is 1. The van der Waals surface area contributed by atoms with Gasteiger partial charge in [0.05, 0.1) is 6.54 Å². The molecule has 18 heavy (non-hydrogen) atoms. The molecule has 1 rings (SSSR count). The van der Waals surface area contributed by atoms with Gasteiger partial charge in [-0.1, -0.05) is 11.8 Å². The average Bonchev–Trinajstić information content (AvgIpc) is 2.69. The first-order valence-electron chi connectivity index (χ1n) is 5.65. The minimum absolute atomic E-state index is 0.410. The number of nitrogens with zero attached hydrogens (tertiary/aromatic N) is 1. The van der Waals surface area contributed by atoms with E-state index >= 15 is 0 Å². The van der Waals surface area contributed by atoms with E-state index in [0.29, 0.717) is 13.1 Å². The molecule has 0 saturated heterocycles. The number of ether oxygens (including phenoxy) is 1. The molecule has 3 N–H and O–H groups in total. The Labute approximate surface area is 115 Å². The van der Waals surface area contributed by atoms with E-state index in [4.69, 9.17) is 10.5 Å². The summed E-state index contributed by atoms with van der Waals surface area (Å²) in [4.78, 5) is 16.7. The summed E-state index contributed by atoms with van der Waals surface area (Å²) in [6.45, 7) is 6.58. The third-order valence-electron chi connectivity index (χ3n) is 1.68. The van der Waals surface area contributed by atoms with Gasteiger partial charge in [0.25, 0.3) is 0 Å². The topological polar surface area (TPSA) is 77.2 Å². The Kier molecular flexibility index (Phi) is 5.90. The van der Waals surface area contributed by atoms with E-state index in [1.807, 2.05) is 20.8 Å². The second kappa shape index (κ2) is 6.96. The van der Waals surface area contributed by atoms with Gasteiger partial charge in [0.15, 0.2) is 0 Å². The summed E-state index contributed by atoms with van der Waals surface area (Å²) >= 11 is 3.18. The SMILES string of the molecule is CC(C)(C)OC(=O)NCc1cnc(SCCN)s1. The lowest BCUT2D eigenvalue weighted by molar-refractivity contribution is 0.0524. The number of rotatable bonds is 5. The molecule has 0 atom stereocenters. The lowest BCUT2D eigenvalue weighted by atomic mass is 10.2. The van der Waals surface area contributed by atoms with E-state index in [-0.39, 0.29) is 0 Å². The van der Waals surface area contributed by atoms with Crippen LogP contribution in [0.4, 0.5) is 4.79 Å². The van der Waals surface area contributed by atoms with E-state index in [1.54, 1.807) is 29.3 Å². The van der Waals surface area contributed by atoms with Crippen LogP contribution in [0.3, 0.4) is 0 Å². The fraction of sp³-hybridized carbons (Fsp3) is 0.636. The summed E-state index contributed by atoms with van der Waals surface area (Å²) in [6.07, 6.45) is 1.35. The summed E-state index contributed by atoms with van der Waals surface area (Å²) in [5.74, 6) is 0.854. The zero-order chi connectivity index (χ0) is 13.6. The van der Waals surface area contributed by atoms with Crippen LogP contribution in [0.1, 0.15) is 25.6 Å². The zero-order valence-corrected chi connectivity index (χ0v) is 12.5. The predicted molar refractivity (Wildman–Crippen MR) is 75.0 cm³/mol. The third-order valence-corrected chi connectivity index (χ3v) is 3.87. The minimum Gasteiger partial charge on any atom is -0.444 e. The summed E-state index contributed by atoms with van der Waals surface area (Å²) in [7, 11) is 0. The maximum atomic E-state index is 11.4. The highest BCUT2D eigenvalue weighted by Crippen LogP contribution is 2.23. The average molecular weight is 289 g/mol. The Hall–Kier alpha value is -0.790. The Balaban J connectivity index is 2.35. The van der Waals surface area contributed by atoms with Gasteiger partial charge in [0, 0.05) is 23.4 Å². The molecular formula is C11H19N3O2S2. The van der Waals surface area contributed by atoms with Crippen LogP contribution in [0.5, 0.6) is 0 Å². The minimum atomic E-state index is -0.472. The fourth-order valence-electron chi connectivity index (χ4n) is 1.06. The first-order chi connectivity index (χ1) is 8.40. The molecule has 1 aromatic heterocycles. The lowest BCUT2D eigenvalue weighted by Gasteiger charge is -2.19. The van der Waals surface area contributed by atoms with Gasteiger partial charge >= 0.3 is 6.09 Å². The highest BCUT2D eigenvalue weighted by Gasteiger charge is 2.15. The van der Waals surface area contributed by atoms with E-state index in [0.717, 1.165) is 15.0 Å². The molecule has 0 aliphatic carbocycles. The first kappa shape index (κ1) is 15.3. The zero-order valence-electron chi connectivity index (χ0n) is 10.9. The van der Waals surface area contributed by atoms with Gasteiger partial charge in [-0.3, -0.25) is 0 Å². The van der Waals surface area contributed by atoms with Crippen LogP contribution in [-0.2, 0) is 11.3 Å². The molecule has 102 valence electrons. The predicted octanol–water partition coefficient (Wildman–Crippen LogP) is 2.22. The number of hydrogen-bond acceptors (Lipinski definition) is 6. The number of amides is 1. The van der Waals surface area contributed by atoms with Crippen LogP contribution < -0.4 is 11.1 Å². The molecule has 1 amide bonds. The lowest BCUT2D eigenvalue weighted by Crippen LogP contribution is -2.31. The molecule has 0 fully saturated rings. The van der Waals surface area contributed by atoms with Crippen LogP contribution in [-0.4, -0.2) is 29.0 Å². The van der Waals surface area contributed by atoms with Gasteiger partial charge in [-0.15, -0.1) is 11.3 Å². The molecule has 0 bridgehead atoms. The highest BCUT2D eigenvalue weighted by atomic mass is 32.2. The number of carbonyl (C=O) groups is 1. The summed E-state index contributed by atoms with van der Waals surface area (Å²) < 4.78 is 6.12. The van der Waals surface area contributed by atoms with Crippen LogP contribution in [0, 0.1) is 0 Å².